The molecule has 2 aromatic rings. The largest absolute Gasteiger partial charge is 0.355 e. The highest BCUT2D eigenvalue weighted by atomic mass is 35.5. The van der Waals surface area contributed by atoms with Crippen LogP contribution in [0.15, 0.2) is 48.5 Å². The SMILES string of the molecule is Cc1ccccc1CCNC(=O)CN(C)Cc1ccc(Cl)cc1. The zero-order chi connectivity index (χ0) is 16.7. The number of hydrogen-bond acceptors (Lipinski definition) is 2. The van der Waals surface area contributed by atoms with Gasteiger partial charge in [0.25, 0.3) is 0 Å². The molecular formula is C19H23ClN2O. The van der Waals surface area contributed by atoms with Crippen LogP contribution in [0.25, 0.3) is 0 Å². The van der Waals surface area contributed by atoms with Crippen molar-refractivity contribution in [1.82, 2.24) is 10.2 Å². The third kappa shape index (κ3) is 6.05. The van der Waals surface area contributed by atoms with E-state index < -0.39 is 0 Å². The Hall–Kier alpha value is -1.84. The van der Waals surface area contributed by atoms with Gasteiger partial charge in [-0.3, -0.25) is 9.69 Å². The highest BCUT2D eigenvalue weighted by molar-refractivity contribution is 6.30. The predicted molar refractivity (Wildman–Crippen MR) is 95.7 cm³/mol. The Morgan fingerprint density at radius 3 is 2.52 bits per heavy atom. The first-order valence-electron chi connectivity index (χ1n) is 7.79. The number of halogens is 1. The van der Waals surface area contributed by atoms with Crippen LogP contribution in [0.3, 0.4) is 0 Å². The molecule has 122 valence electrons. The average molecular weight is 331 g/mol. The lowest BCUT2D eigenvalue weighted by atomic mass is 10.1. The molecule has 0 saturated carbocycles. The van der Waals surface area contributed by atoms with Crippen LogP contribution in [0.2, 0.25) is 5.02 Å². The first kappa shape index (κ1) is 17.5. The fourth-order valence-corrected chi connectivity index (χ4v) is 2.61. The van der Waals surface area contributed by atoms with Gasteiger partial charge >= 0.3 is 0 Å². The van der Waals surface area contributed by atoms with Gasteiger partial charge < -0.3 is 5.32 Å². The quantitative estimate of drug-likeness (QED) is 0.843. The zero-order valence-electron chi connectivity index (χ0n) is 13.7. The lowest BCUT2D eigenvalue weighted by molar-refractivity contribution is -0.122. The predicted octanol–water partition coefficient (Wildman–Crippen LogP) is 3.44. The summed E-state index contributed by atoms with van der Waals surface area (Å²) in [7, 11) is 1.94. The molecule has 0 saturated heterocycles. The van der Waals surface area contributed by atoms with Crippen molar-refractivity contribution in [3.05, 3.63) is 70.2 Å². The van der Waals surface area contributed by atoms with E-state index in [0.29, 0.717) is 13.1 Å². The first-order chi connectivity index (χ1) is 11.0. The molecule has 0 aliphatic rings. The fourth-order valence-electron chi connectivity index (χ4n) is 2.49. The second-order valence-corrected chi connectivity index (χ2v) is 6.26. The van der Waals surface area contributed by atoms with Crippen LogP contribution in [0, 0.1) is 6.92 Å². The van der Waals surface area contributed by atoms with E-state index in [4.69, 9.17) is 11.6 Å². The van der Waals surface area contributed by atoms with Crippen LogP contribution < -0.4 is 5.32 Å². The van der Waals surface area contributed by atoms with Crippen molar-refractivity contribution in [1.29, 1.82) is 0 Å². The Kier molecular flexibility index (Phi) is 6.63. The van der Waals surface area contributed by atoms with Crippen molar-refractivity contribution < 1.29 is 4.79 Å². The van der Waals surface area contributed by atoms with Crippen LogP contribution in [-0.2, 0) is 17.8 Å². The average Bonchev–Trinajstić information content (AvgIpc) is 2.51. The molecular weight excluding hydrogens is 308 g/mol. The maximum absolute atomic E-state index is 12.0. The molecule has 1 amide bonds. The molecule has 0 spiro atoms. The Morgan fingerprint density at radius 1 is 1.13 bits per heavy atom. The summed E-state index contributed by atoms with van der Waals surface area (Å²) in [5.41, 5.74) is 3.69. The normalized spacial score (nSPS) is 10.8. The van der Waals surface area contributed by atoms with Crippen molar-refractivity contribution >= 4 is 17.5 Å². The van der Waals surface area contributed by atoms with Gasteiger partial charge in [-0.1, -0.05) is 48.0 Å². The van der Waals surface area contributed by atoms with Gasteiger partial charge in [0, 0.05) is 18.1 Å². The number of carbonyl (C=O) groups is 1. The Morgan fingerprint density at radius 2 is 1.83 bits per heavy atom. The third-order valence-electron chi connectivity index (χ3n) is 3.76. The molecule has 1 N–H and O–H groups in total. The number of hydrogen-bond donors (Lipinski definition) is 1. The van der Waals surface area contributed by atoms with E-state index >= 15 is 0 Å². The first-order valence-corrected chi connectivity index (χ1v) is 8.16. The van der Waals surface area contributed by atoms with Gasteiger partial charge in [0.15, 0.2) is 0 Å². The van der Waals surface area contributed by atoms with Gasteiger partial charge in [0.1, 0.15) is 0 Å². The molecule has 2 aromatic carbocycles. The minimum absolute atomic E-state index is 0.0510. The molecule has 0 bridgehead atoms. The maximum atomic E-state index is 12.0. The van der Waals surface area contributed by atoms with Crippen molar-refractivity contribution in [2.75, 3.05) is 20.1 Å². The standard InChI is InChI=1S/C19H23ClN2O/c1-15-5-3-4-6-17(15)11-12-21-19(23)14-22(2)13-16-7-9-18(20)10-8-16/h3-10H,11-14H2,1-2H3,(H,21,23). The van der Waals surface area contributed by atoms with E-state index in [1.54, 1.807) is 0 Å². The molecule has 0 radical (unpaired) electrons. The molecule has 0 aliphatic heterocycles. The molecule has 0 fully saturated rings. The number of benzene rings is 2. The minimum Gasteiger partial charge on any atom is -0.355 e. The van der Waals surface area contributed by atoms with Crippen molar-refractivity contribution in [2.45, 2.75) is 19.9 Å². The minimum atomic E-state index is 0.0510. The highest BCUT2D eigenvalue weighted by Crippen LogP contribution is 2.11. The fraction of sp³-hybridized carbons (Fsp3) is 0.316. The molecule has 0 aromatic heterocycles. The second kappa shape index (κ2) is 8.70. The number of rotatable bonds is 7. The third-order valence-corrected chi connectivity index (χ3v) is 4.01. The van der Waals surface area contributed by atoms with E-state index in [1.165, 1.54) is 11.1 Å². The van der Waals surface area contributed by atoms with Gasteiger partial charge in [0.2, 0.25) is 5.91 Å². The van der Waals surface area contributed by atoms with Gasteiger partial charge in [-0.15, -0.1) is 0 Å². The lowest BCUT2D eigenvalue weighted by Crippen LogP contribution is -2.35. The number of likely N-dealkylation sites (N-methyl/N-ethyl adjacent to an activating group) is 1. The number of nitrogens with one attached hydrogen (secondary N) is 1. The van der Waals surface area contributed by atoms with Crippen LogP contribution in [-0.4, -0.2) is 30.9 Å². The lowest BCUT2D eigenvalue weighted by Gasteiger charge is -2.16. The smallest absolute Gasteiger partial charge is 0.234 e. The van der Waals surface area contributed by atoms with Gasteiger partial charge in [0.05, 0.1) is 6.54 Å². The van der Waals surface area contributed by atoms with Crippen LogP contribution >= 0.6 is 11.6 Å². The van der Waals surface area contributed by atoms with E-state index in [0.717, 1.165) is 23.6 Å². The van der Waals surface area contributed by atoms with E-state index in [-0.39, 0.29) is 5.91 Å². The molecule has 0 heterocycles. The molecule has 0 atom stereocenters. The molecule has 4 heteroatoms. The molecule has 0 aliphatic carbocycles. The van der Waals surface area contributed by atoms with Crippen LogP contribution in [0.5, 0.6) is 0 Å². The maximum Gasteiger partial charge on any atom is 0.234 e. The van der Waals surface area contributed by atoms with E-state index in [9.17, 15) is 4.79 Å². The van der Waals surface area contributed by atoms with Crippen molar-refractivity contribution in [3.8, 4) is 0 Å². The summed E-state index contributed by atoms with van der Waals surface area (Å²) in [6.07, 6.45) is 0.860. The zero-order valence-corrected chi connectivity index (χ0v) is 14.4. The number of amides is 1. The Balaban J connectivity index is 1.71. The van der Waals surface area contributed by atoms with Crippen molar-refractivity contribution in [2.24, 2.45) is 0 Å². The van der Waals surface area contributed by atoms with Gasteiger partial charge in [-0.2, -0.15) is 0 Å². The Labute approximate surface area is 143 Å². The summed E-state index contributed by atoms with van der Waals surface area (Å²) in [4.78, 5) is 14.0. The molecule has 0 unspecified atom stereocenters. The van der Waals surface area contributed by atoms with Crippen LogP contribution in [0.1, 0.15) is 16.7 Å². The summed E-state index contributed by atoms with van der Waals surface area (Å²) in [6, 6.07) is 16.0. The number of carbonyl (C=O) groups excluding carboxylic acids is 1. The summed E-state index contributed by atoms with van der Waals surface area (Å²) < 4.78 is 0. The van der Waals surface area contributed by atoms with Gasteiger partial charge in [-0.25, -0.2) is 0 Å². The van der Waals surface area contributed by atoms with E-state index in [2.05, 4.69) is 24.4 Å². The Bertz CT molecular complexity index is 640. The number of aryl methyl sites for hydroxylation is 1. The monoisotopic (exact) mass is 330 g/mol. The summed E-state index contributed by atoms with van der Waals surface area (Å²) in [5.74, 6) is 0.0510. The van der Waals surface area contributed by atoms with Crippen LogP contribution in [0.4, 0.5) is 0 Å². The van der Waals surface area contributed by atoms with Crippen molar-refractivity contribution in [3.63, 3.8) is 0 Å². The van der Waals surface area contributed by atoms with E-state index in [1.807, 2.05) is 48.3 Å². The summed E-state index contributed by atoms with van der Waals surface area (Å²) in [6.45, 7) is 3.87. The highest BCUT2D eigenvalue weighted by Gasteiger charge is 2.07. The summed E-state index contributed by atoms with van der Waals surface area (Å²) in [5, 5.41) is 3.71. The van der Waals surface area contributed by atoms with Gasteiger partial charge in [-0.05, 0) is 49.2 Å². The topological polar surface area (TPSA) is 32.3 Å². The molecule has 2 rings (SSSR count). The molecule has 23 heavy (non-hydrogen) atoms. The second-order valence-electron chi connectivity index (χ2n) is 5.83. The number of nitrogens with zero attached hydrogens (tertiary/aromatic N) is 1. The summed E-state index contributed by atoms with van der Waals surface area (Å²) >= 11 is 5.87. The molecule has 3 nitrogen and oxygen atoms in total.